The monoisotopic (exact) mass is 337 g/mol. The summed E-state index contributed by atoms with van der Waals surface area (Å²) in [4.78, 5) is 16.3. The van der Waals surface area contributed by atoms with Crippen LogP contribution in [0.3, 0.4) is 0 Å². The molecule has 1 heterocycles. The van der Waals surface area contributed by atoms with Gasteiger partial charge in [0.2, 0.25) is 0 Å². The highest BCUT2D eigenvalue weighted by Gasteiger charge is 2.05. The van der Waals surface area contributed by atoms with Gasteiger partial charge in [-0.25, -0.2) is 9.78 Å². The molecule has 0 unspecified atom stereocenters. The van der Waals surface area contributed by atoms with Crippen molar-refractivity contribution in [3.8, 4) is 11.8 Å². The number of carbonyl (C=O) groups is 1. The summed E-state index contributed by atoms with van der Waals surface area (Å²) in [5.41, 5.74) is 2.16. The molecule has 0 fully saturated rings. The highest BCUT2D eigenvalue weighted by molar-refractivity contribution is 7.19. The Morgan fingerprint density at radius 1 is 1.38 bits per heavy atom. The van der Waals surface area contributed by atoms with Crippen LogP contribution in [-0.2, 0) is 9.53 Å². The summed E-state index contributed by atoms with van der Waals surface area (Å²) < 4.78 is 6.39. The van der Waals surface area contributed by atoms with Crippen molar-refractivity contribution in [3.63, 3.8) is 0 Å². The Morgan fingerprint density at radius 2 is 2.25 bits per heavy atom. The zero-order valence-electron chi connectivity index (χ0n) is 13.6. The van der Waals surface area contributed by atoms with E-state index in [4.69, 9.17) is 4.74 Å². The quantitative estimate of drug-likeness (QED) is 0.465. The van der Waals surface area contributed by atoms with Gasteiger partial charge in [0.05, 0.1) is 10.2 Å². The normalized spacial score (nSPS) is 15.6. The van der Waals surface area contributed by atoms with Gasteiger partial charge in [-0.2, -0.15) is 0 Å². The fraction of sp³-hybridized carbons (Fsp3) is 0.300. The van der Waals surface area contributed by atoms with Crippen LogP contribution in [-0.4, -0.2) is 17.1 Å². The molecule has 1 aromatic heterocycles. The lowest BCUT2D eigenvalue weighted by Crippen LogP contribution is -2.10. The van der Waals surface area contributed by atoms with Gasteiger partial charge in [-0.3, -0.25) is 0 Å². The molecule has 0 amide bonds. The van der Waals surface area contributed by atoms with Crippen LogP contribution in [0.1, 0.15) is 37.6 Å². The summed E-state index contributed by atoms with van der Waals surface area (Å²) in [6.45, 7) is 1.77. The first-order valence-corrected chi connectivity index (χ1v) is 8.97. The number of thiazole rings is 1. The summed E-state index contributed by atoms with van der Waals surface area (Å²) in [6.07, 6.45) is 9.63. The maximum absolute atomic E-state index is 11.8. The zero-order chi connectivity index (χ0) is 16.8. The Balaban J connectivity index is 1.57. The SMILES string of the molecule is C[C@H](C#Cc1nc2ccccc2s1)OC(=O)/C=C/C1=CCCCC1. The molecule has 3 rings (SSSR count). The van der Waals surface area contributed by atoms with Crippen molar-refractivity contribution < 1.29 is 9.53 Å². The summed E-state index contributed by atoms with van der Waals surface area (Å²) in [5, 5.41) is 0.738. The lowest BCUT2D eigenvalue weighted by Gasteiger charge is -2.08. The topological polar surface area (TPSA) is 39.2 Å². The van der Waals surface area contributed by atoms with Crippen LogP contribution < -0.4 is 0 Å². The van der Waals surface area contributed by atoms with Crippen molar-refractivity contribution in [3.05, 3.63) is 53.1 Å². The number of hydrogen-bond acceptors (Lipinski definition) is 4. The number of allylic oxidation sites excluding steroid dienone is 3. The average molecular weight is 337 g/mol. The summed E-state index contributed by atoms with van der Waals surface area (Å²) in [7, 11) is 0. The number of benzene rings is 1. The second-order valence-electron chi connectivity index (χ2n) is 5.69. The second kappa shape index (κ2) is 7.94. The molecule has 0 spiro atoms. The van der Waals surface area contributed by atoms with Crippen molar-refractivity contribution >= 4 is 27.5 Å². The Morgan fingerprint density at radius 3 is 3.04 bits per heavy atom. The smallest absolute Gasteiger partial charge is 0.331 e. The molecule has 24 heavy (non-hydrogen) atoms. The molecule has 0 saturated heterocycles. The zero-order valence-corrected chi connectivity index (χ0v) is 14.4. The van der Waals surface area contributed by atoms with E-state index in [1.165, 1.54) is 24.5 Å². The van der Waals surface area contributed by atoms with Gasteiger partial charge in [-0.1, -0.05) is 35.8 Å². The molecule has 0 radical (unpaired) electrons. The van der Waals surface area contributed by atoms with Crippen molar-refractivity contribution in [1.82, 2.24) is 4.98 Å². The molecule has 1 atom stereocenters. The first-order chi connectivity index (χ1) is 11.7. The molecular weight excluding hydrogens is 318 g/mol. The van der Waals surface area contributed by atoms with Gasteiger partial charge in [-0.05, 0) is 50.7 Å². The third kappa shape index (κ3) is 4.56. The summed E-state index contributed by atoms with van der Waals surface area (Å²) in [6, 6.07) is 7.92. The maximum atomic E-state index is 11.8. The molecule has 122 valence electrons. The van der Waals surface area contributed by atoms with E-state index in [2.05, 4.69) is 22.9 Å². The maximum Gasteiger partial charge on any atom is 0.331 e. The fourth-order valence-electron chi connectivity index (χ4n) is 2.52. The first kappa shape index (κ1) is 16.5. The van der Waals surface area contributed by atoms with Crippen LogP contribution in [0.2, 0.25) is 0 Å². The Bertz CT molecular complexity index is 818. The minimum absolute atomic E-state index is 0.354. The molecule has 1 aliphatic carbocycles. The lowest BCUT2D eigenvalue weighted by molar-refractivity contribution is -0.139. The van der Waals surface area contributed by atoms with Crippen molar-refractivity contribution in [2.75, 3.05) is 0 Å². The number of nitrogens with zero attached hydrogens (tertiary/aromatic N) is 1. The van der Waals surface area contributed by atoms with E-state index >= 15 is 0 Å². The number of ether oxygens (including phenoxy) is 1. The molecule has 0 bridgehead atoms. The number of para-hydroxylation sites is 1. The largest absolute Gasteiger partial charge is 0.446 e. The minimum Gasteiger partial charge on any atom is -0.446 e. The predicted molar refractivity (Wildman–Crippen MR) is 97.7 cm³/mol. The molecule has 2 aromatic rings. The average Bonchev–Trinajstić information content (AvgIpc) is 3.02. The van der Waals surface area contributed by atoms with Gasteiger partial charge in [0.15, 0.2) is 11.1 Å². The van der Waals surface area contributed by atoms with E-state index in [1.54, 1.807) is 18.3 Å². The molecule has 4 heteroatoms. The third-order valence-corrected chi connectivity index (χ3v) is 4.68. The molecule has 0 aliphatic heterocycles. The standard InChI is InChI=1S/C20H19NO2S/c1-15(23-20(22)14-12-16-7-3-2-4-8-16)11-13-19-21-17-9-5-6-10-18(17)24-19/h5-7,9-10,12,14-15H,2-4,8H2,1H3/b14-12+/t15-/m1/s1. The van der Waals surface area contributed by atoms with Crippen LogP contribution in [0.5, 0.6) is 0 Å². The Hall–Kier alpha value is -2.38. The number of hydrogen-bond donors (Lipinski definition) is 0. The number of carbonyl (C=O) groups excluding carboxylic acids is 1. The van der Waals surface area contributed by atoms with Crippen LogP contribution >= 0.6 is 11.3 Å². The Labute approximate surface area is 146 Å². The number of rotatable bonds is 3. The van der Waals surface area contributed by atoms with Crippen molar-refractivity contribution in [2.24, 2.45) is 0 Å². The van der Waals surface area contributed by atoms with Crippen LogP contribution in [0.15, 0.2) is 48.1 Å². The predicted octanol–water partition coefficient (Wildman–Crippen LogP) is 4.64. The van der Waals surface area contributed by atoms with Gasteiger partial charge in [0.25, 0.3) is 0 Å². The molecule has 1 aromatic carbocycles. The van der Waals surface area contributed by atoms with Crippen molar-refractivity contribution in [1.29, 1.82) is 0 Å². The molecule has 3 nitrogen and oxygen atoms in total. The van der Waals surface area contributed by atoms with Gasteiger partial charge in [0, 0.05) is 6.08 Å². The van der Waals surface area contributed by atoms with E-state index < -0.39 is 6.10 Å². The third-order valence-electron chi connectivity index (χ3n) is 3.73. The van der Waals surface area contributed by atoms with Crippen molar-refractivity contribution in [2.45, 2.75) is 38.7 Å². The van der Waals surface area contributed by atoms with E-state index in [9.17, 15) is 4.79 Å². The number of fused-ring (bicyclic) bond motifs is 1. The van der Waals surface area contributed by atoms with E-state index in [-0.39, 0.29) is 5.97 Å². The molecule has 0 saturated carbocycles. The van der Waals surface area contributed by atoms with Crippen LogP contribution in [0, 0.1) is 11.8 Å². The van der Waals surface area contributed by atoms with E-state index in [0.29, 0.717) is 0 Å². The molecule has 0 N–H and O–H groups in total. The summed E-state index contributed by atoms with van der Waals surface area (Å²) >= 11 is 1.54. The van der Waals surface area contributed by atoms with Gasteiger partial charge in [0.1, 0.15) is 0 Å². The van der Waals surface area contributed by atoms with E-state index in [1.807, 2.05) is 30.3 Å². The highest BCUT2D eigenvalue weighted by Crippen LogP contribution is 2.20. The highest BCUT2D eigenvalue weighted by atomic mass is 32.1. The minimum atomic E-state index is -0.463. The molecule has 1 aliphatic rings. The number of aromatic nitrogens is 1. The number of esters is 1. The van der Waals surface area contributed by atoms with Gasteiger partial charge >= 0.3 is 5.97 Å². The lowest BCUT2D eigenvalue weighted by atomic mass is 9.99. The first-order valence-electron chi connectivity index (χ1n) is 8.15. The van der Waals surface area contributed by atoms with Gasteiger partial charge in [-0.15, -0.1) is 11.3 Å². The van der Waals surface area contributed by atoms with Gasteiger partial charge < -0.3 is 4.74 Å². The molecular formula is C20H19NO2S. The fourth-order valence-corrected chi connectivity index (χ4v) is 3.35. The van der Waals surface area contributed by atoms with Crippen LogP contribution in [0.4, 0.5) is 0 Å². The second-order valence-corrected chi connectivity index (χ2v) is 6.72. The van der Waals surface area contributed by atoms with Crippen LogP contribution in [0.25, 0.3) is 10.2 Å². The van der Waals surface area contributed by atoms with E-state index in [0.717, 1.165) is 28.1 Å². The Kier molecular flexibility index (Phi) is 5.45. The summed E-state index contributed by atoms with van der Waals surface area (Å²) in [5.74, 6) is 5.57.